The standard InChI is InChI=1S/C11H12BrNO4/c1-6(11(16)17-2)13-10(15)7-3-4-8(12)9(14)5-7/h3-6,14H,1-2H3,(H,13,15). The van der Waals surface area contributed by atoms with E-state index in [0.717, 1.165) is 0 Å². The zero-order valence-electron chi connectivity index (χ0n) is 9.36. The Kier molecular flexibility index (Phi) is 4.51. The van der Waals surface area contributed by atoms with Crippen LogP contribution in [0.5, 0.6) is 5.75 Å². The van der Waals surface area contributed by atoms with Crippen molar-refractivity contribution in [3.8, 4) is 5.75 Å². The molecule has 0 saturated carbocycles. The van der Waals surface area contributed by atoms with Gasteiger partial charge in [0.05, 0.1) is 11.6 Å². The fraction of sp³-hybridized carbons (Fsp3) is 0.273. The number of aromatic hydroxyl groups is 1. The normalized spacial score (nSPS) is 11.7. The SMILES string of the molecule is COC(=O)C(C)NC(=O)c1ccc(Br)c(O)c1. The highest BCUT2D eigenvalue weighted by molar-refractivity contribution is 9.10. The molecule has 0 saturated heterocycles. The average molecular weight is 302 g/mol. The van der Waals surface area contributed by atoms with Crippen LogP contribution in [-0.4, -0.2) is 30.1 Å². The van der Waals surface area contributed by atoms with Gasteiger partial charge in [0.25, 0.3) is 5.91 Å². The minimum absolute atomic E-state index is 0.0385. The molecule has 2 N–H and O–H groups in total. The summed E-state index contributed by atoms with van der Waals surface area (Å²) in [5.41, 5.74) is 0.265. The van der Waals surface area contributed by atoms with Crippen molar-refractivity contribution in [1.82, 2.24) is 5.32 Å². The first-order valence-electron chi connectivity index (χ1n) is 4.83. The van der Waals surface area contributed by atoms with E-state index in [4.69, 9.17) is 0 Å². The van der Waals surface area contributed by atoms with Crippen molar-refractivity contribution in [3.63, 3.8) is 0 Å². The summed E-state index contributed by atoms with van der Waals surface area (Å²) in [4.78, 5) is 22.8. The fourth-order valence-electron chi connectivity index (χ4n) is 1.17. The molecule has 0 spiro atoms. The Bertz CT molecular complexity index is 447. The summed E-state index contributed by atoms with van der Waals surface area (Å²) in [7, 11) is 1.25. The summed E-state index contributed by atoms with van der Waals surface area (Å²) in [5, 5.41) is 11.9. The van der Waals surface area contributed by atoms with Gasteiger partial charge >= 0.3 is 5.97 Å². The van der Waals surface area contributed by atoms with Crippen molar-refractivity contribution >= 4 is 27.8 Å². The van der Waals surface area contributed by atoms with Crippen molar-refractivity contribution in [1.29, 1.82) is 0 Å². The summed E-state index contributed by atoms with van der Waals surface area (Å²) in [6, 6.07) is 3.65. The highest BCUT2D eigenvalue weighted by atomic mass is 79.9. The molecule has 0 fully saturated rings. The number of phenols is 1. The number of nitrogens with one attached hydrogen (secondary N) is 1. The van der Waals surface area contributed by atoms with Crippen LogP contribution in [0.4, 0.5) is 0 Å². The predicted molar refractivity (Wildman–Crippen MR) is 64.8 cm³/mol. The van der Waals surface area contributed by atoms with Gasteiger partial charge < -0.3 is 15.2 Å². The third-order valence-corrected chi connectivity index (χ3v) is 2.78. The van der Waals surface area contributed by atoms with Gasteiger partial charge in [-0.25, -0.2) is 4.79 Å². The molecule has 1 rings (SSSR count). The molecule has 1 atom stereocenters. The molecule has 0 bridgehead atoms. The van der Waals surface area contributed by atoms with Crippen LogP contribution in [0, 0.1) is 0 Å². The Morgan fingerprint density at radius 3 is 2.65 bits per heavy atom. The predicted octanol–water partition coefficient (Wildman–Crippen LogP) is 1.45. The molecule has 1 aromatic carbocycles. The molecule has 0 aliphatic rings. The molecule has 17 heavy (non-hydrogen) atoms. The molecule has 92 valence electrons. The van der Waals surface area contributed by atoms with E-state index in [0.29, 0.717) is 4.47 Å². The Labute approximate surface area is 107 Å². The highest BCUT2D eigenvalue weighted by Crippen LogP contribution is 2.24. The van der Waals surface area contributed by atoms with Gasteiger partial charge in [0.1, 0.15) is 11.8 Å². The lowest BCUT2D eigenvalue weighted by molar-refractivity contribution is -0.142. The number of carbonyl (C=O) groups is 2. The molecular weight excluding hydrogens is 290 g/mol. The van der Waals surface area contributed by atoms with Crippen LogP contribution in [0.2, 0.25) is 0 Å². The minimum atomic E-state index is -0.738. The Balaban J connectivity index is 2.76. The number of phenolic OH excluding ortho intramolecular Hbond substituents is 1. The van der Waals surface area contributed by atoms with E-state index >= 15 is 0 Å². The van der Waals surface area contributed by atoms with Gasteiger partial charge in [-0.05, 0) is 41.1 Å². The van der Waals surface area contributed by atoms with Gasteiger partial charge in [-0.15, -0.1) is 0 Å². The van der Waals surface area contributed by atoms with Crippen molar-refractivity contribution in [3.05, 3.63) is 28.2 Å². The second kappa shape index (κ2) is 5.67. The van der Waals surface area contributed by atoms with E-state index in [1.54, 1.807) is 6.07 Å². The van der Waals surface area contributed by atoms with Crippen LogP contribution in [0.15, 0.2) is 22.7 Å². The molecule has 0 aromatic heterocycles. The number of benzene rings is 1. The molecule has 6 heteroatoms. The van der Waals surface area contributed by atoms with Crippen molar-refractivity contribution in [2.75, 3.05) is 7.11 Å². The number of hydrogen-bond acceptors (Lipinski definition) is 4. The number of esters is 1. The topological polar surface area (TPSA) is 75.6 Å². The number of rotatable bonds is 3. The van der Waals surface area contributed by atoms with Crippen LogP contribution in [0.1, 0.15) is 17.3 Å². The van der Waals surface area contributed by atoms with Crippen molar-refractivity contribution < 1.29 is 19.4 Å². The maximum atomic E-state index is 11.7. The molecule has 0 aliphatic heterocycles. The summed E-state index contributed by atoms with van der Waals surface area (Å²) < 4.78 is 4.98. The lowest BCUT2D eigenvalue weighted by Crippen LogP contribution is -2.39. The fourth-order valence-corrected chi connectivity index (χ4v) is 1.42. The molecule has 0 aliphatic carbocycles. The zero-order valence-corrected chi connectivity index (χ0v) is 10.9. The molecule has 0 radical (unpaired) electrons. The second-order valence-electron chi connectivity index (χ2n) is 3.38. The third kappa shape index (κ3) is 3.45. The minimum Gasteiger partial charge on any atom is -0.507 e. The van der Waals surface area contributed by atoms with Gasteiger partial charge in [0, 0.05) is 5.56 Å². The second-order valence-corrected chi connectivity index (χ2v) is 4.24. The lowest BCUT2D eigenvalue weighted by atomic mass is 10.2. The maximum Gasteiger partial charge on any atom is 0.328 e. The van der Waals surface area contributed by atoms with E-state index < -0.39 is 17.9 Å². The summed E-state index contributed by atoms with van der Waals surface area (Å²) in [6.07, 6.45) is 0. The number of halogens is 1. The number of hydrogen-bond donors (Lipinski definition) is 2. The molecule has 5 nitrogen and oxygen atoms in total. The van der Waals surface area contributed by atoms with Gasteiger partial charge in [-0.2, -0.15) is 0 Å². The van der Waals surface area contributed by atoms with Crippen LogP contribution < -0.4 is 5.32 Å². The van der Waals surface area contributed by atoms with Crippen LogP contribution >= 0.6 is 15.9 Å². The van der Waals surface area contributed by atoms with Gasteiger partial charge in [0.15, 0.2) is 0 Å². The van der Waals surface area contributed by atoms with Gasteiger partial charge in [0.2, 0.25) is 0 Å². The van der Waals surface area contributed by atoms with Crippen molar-refractivity contribution in [2.24, 2.45) is 0 Å². The first kappa shape index (κ1) is 13.5. The van der Waals surface area contributed by atoms with Crippen LogP contribution in [-0.2, 0) is 9.53 Å². The quantitative estimate of drug-likeness (QED) is 0.829. The third-order valence-electron chi connectivity index (χ3n) is 2.11. The van der Waals surface area contributed by atoms with E-state index in [2.05, 4.69) is 26.0 Å². The van der Waals surface area contributed by atoms with Gasteiger partial charge in [-0.3, -0.25) is 4.79 Å². The zero-order chi connectivity index (χ0) is 13.0. The highest BCUT2D eigenvalue weighted by Gasteiger charge is 2.17. The summed E-state index contributed by atoms with van der Waals surface area (Å²) in [6.45, 7) is 1.52. The first-order valence-corrected chi connectivity index (χ1v) is 5.62. The molecule has 1 amide bonds. The van der Waals surface area contributed by atoms with Crippen LogP contribution in [0.25, 0.3) is 0 Å². The van der Waals surface area contributed by atoms with E-state index in [-0.39, 0.29) is 11.3 Å². The Morgan fingerprint density at radius 1 is 1.47 bits per heavy atom. The molecule has 1 aromatic rings. The number of methoxy groups -OCH3 is 1. The summed E-state index contributed by atoms with van der Waals surface area (Å²) in [5.74, 6) is -1.02. The molecule has 0 heterocycles. The van der Waals surface area contributed by atoms with E-state index in [1.165, 1.54) is 26.2 Å². The largest absolute Gasteiger partial charge is 0.507 e. The number of amides is 1. The van der Waals surface area contributed by atoms with Gasteiger partial charge in [-0.1, -0.05) is 0 Å². The van der Waals surface area contributed by atoms with E-state index in [9.17, 15) is 14.7 Å². The number of carbonyl (C=O) groups excluding carboxylic acids is 2. The van der Waals surface area contributed by atoms with E-state index in [1.807, 2.05) is 0 Å². The maximum absolute atomic E-state index is 11.7. The lowest BCUT2D eigenvalue weighted by Gasteiger charge is -2.11. The smallest absolute Gasteiger partial charge is 0.328 e. The number of ether oxygens (including phenoxy) is 1. The average Bonchev–Trinajstić information content (AvgIpc) is 2.31. The van der Waals surface area contributed by atoms with Crippen LogP contribution in [0.3, 0.4) is 0 Å². The monoisotopic (exact) mass is 301 g/mol. The molecule has 1 unspecified atom stereocenters. The Hall–Kier alpha value is -1.56. The first-order chi connectivity index (χ1) is 7.95. The summed E-state index contributed by atoms with van der Waals surface area (Å²) >= 11 is 3.11. The Morgan fingerprint density at radius 2 is 2.12 bits per heavy atom. The van der Waals surface area contributed by atoms with Crippen molar-refractivity contribution in [2.45, 2.75) is 13.0 Å². The molecular formula is C11H12BrNO4.